The number of nitrogens with zero attached hydrogens (tertiary/aromatic N) is 4. The number of hydrogen-bond donors (Lipinski definition) is 1. The molecule has 1 heterocycles. The van der Waals surface area contributed by atoms with Crippen molar-refractivity contribution >= 4 is 17.3 Å². The molecule has 0 saturated heterocycles. The average molecular weight is 253 g/mol. The predicted octanol–water partition coefficient (Wildman–Crippen LogP) is 1.84. The number of rotatable bonds is 5. The maximum atomic E-state index is 11.1. The Hall–Kier alpha value is -1.92. The van der Waals surface area contributed by atoms with Crippen molar-refractivity contribution in [3.8, 4) is 0 Å². The molecule has 1 rings (SSSR count). The van der Waals surface area contributed by atoms with Gasteiger partial charge in [-0.1, -0.05) is 13.8 Å². The van der Waals surface area contributed by atoms with Gasteiger partial charge in [0.15, 0.2) is 0 Å². The Morgan fingerprint density at radius 1 is 1.39 bits per heavy atom. The van der Waals surface area contributed by atoms with E-state index in [2.05, 4.69) is 9.97 Å². The molecule has 2 N–H and O–H groups in total. The molecular formula is C11H19N5O2. The highest BCUT2D eigenvalue weighted by molar-refractivity contribution is 5.68. The quantitative estimate of drug-likeness (QED) is 0.635. The van der Waals surface area contributed by atoms with Crippen LogP contribution in [-0.4, -0.2) is 27.5 Å². The van der Waals surface area contributed by atoms with Crippen LogP contribution in [0.2, 0.25) is 0 Å². The highest BCUT2D eigenvalue weighted by Crippen LogP contribution is 2.31. The lowest BCUT2D eigenvalue weighted by Crippen LogP contribution is -2.35. The van der Waals surface area contributed by atoms with Crippen molar-refractivity contribution < 1.29 is 4.92 Å². The summed E-state index contributed by atoms with van der Waals surface area (Å²) < 4.78 is 0. The molecule has 1 aromatic rings. The third-order valence-electron chi connectivity index (χ3n) is 2.47. The summed E-state index contributed by atoms with van der Waals surface area (Å²) in [5.74, 6) is 0.554. The maximum absolute atomic E-state index is 11.1. The fraction of sp³-hybridized carbons (Fsp3) is 0.636. The van der Waals surface area contributed by atoms with Crippen LogP contribution in [0.1, 0.15) is 27.7 Å². The first-order chi connectivity index (χ1) is 8.34. The van der Waals surface area contributed by atoms with E-state index >= 15 is 0 Å². The van der Waals surface area contributed by atoms with Crippen molar-refractivity contribution in [2.45, 2.75) is 33.7 Å². The van der Waals surface area contributed by atoms with Crippen molar-refractivity contribution in [2.24, 2.45) is 5.92 Å². The molecule has 0 spiro atoms. The summed E-state index contributed by atoms with van der Waals surface area (Å²) >= 11 is 0. The Balaban J connectivity index is 3.27. The van der Waals surface area contributed by atoms with E-state index in [1.807, 2.05) is 32.6 Å². The second kappa shape index (κ2) is 5.61. The molecule has 0 saturated carbocycles. The molecule has 0 radical (unpaired) electrons. The second-order valence-electron chi connectivity index (χ2n) is 4.83. The van der Waals surface area contributed by atoms with Crippen LogP contribution < -0.4 is 10.6 Å². The number of nitro groups is 1. The van der Waals surface area contributed by atoms with Gasteiger partial charge in [0.05, 0.1) is 4.92 Å². The Kier molecular flexibility index (Phi) is 4.41. The Morgan fingerprint density at radius 3 is 2.44 bits per heavy atom. The van der Waals surface area contributed by atoms with E-state index in [4.69, 9.17) is 5.73 Å². The normalized spacial score (nSPS) is 11.0. The van der Waals surface area contributed by atoms with E-state index in [1.54, 1.807) is 0 Å². The van der Waals surface area contributed by atoms with Crippen LogP contribution in [0.25, 0.3) is 0 Å². The number of nitrogens with two attached hydrogens (primary N) is 1. The first kappa shape index (κ1) is 14.1. The topological polar surface area (TPSA) is 98.2 Å². The SMILES string of the molecule is CC(C)CN(c1ncnc(N)c1[N+](=O)[O-])C(C)C. The van der Waals surface area contributed by atoms with Gasteiger partial charge in [-0.2, -0.15) is 0 Å². The lowest BCUT2D eigenvalue weighted by atomic mass is 10.1. The molecular weight excluding hydrogens is 234 g/mol. The molecule has 0 bridgehead atoms. The molecule has 0 aliphatic carbocycles. The van der Waals surface area contributed by atoms with Gasteiger partial charge in [0.25, 0.3) is 0 Å². The van der Waals surface area contributed by atoms with E-state index in [-0.39, 0.29) is 23.4 Å². The lowest BCUT2D eigenvalue weighted by molar-refractivity contribution is -0.383. The van der Waals surface area contributed by atoms with Crippen molar-refractivity contribution in [2.75, 3.05) is 17.2 Å². The van der Waals surface area contributed by atoms with Gasteiger partial charge >= 0.3 is 5.69 Å². The largest absolute Gasteiger partial charge is 0.378 e. The summed E-state index contributed by atoms with van der Waals surface area (Å²) in [5, 5.41) is 11.1. The summed E-state index contributed by atoms with van der Waals surface area (Å²) in [6, 6.07) is 0.0976. The van der Waals surface area contributed by atoms with Crippen molar-refractivity contribution in [1.29, 1.82) is 0 Å². The first-order valence-electron chi connectivity index (χ1n) is 5.86. The van der Waals surface area contributed by atoms with Crippen molar-refractivity contribution in [1.82, 2.24) is 9.97 Å². The zero-order valence-electron chi connectivity index (χ0n) is 11.1. The van der Waals surface area contributed by atoms with Crippen LogP contribution in [0, 0.1) is 16.0 Å². The van der Waals surface area contributed by atoms with E-state index < -0.39 is 4.92 Å². The molecule has 0 aliphatic heterocycles. The fourth-order valence-electron chi connectivity index (χ4n) is 1.70. The van der Waals surface area contributed by atoms with Crippen LogP contribution in [-0.2, 0) is 0 Å². The lowest BCUT2D eigenvalue weighted by Gasteiger charge is -2.29. The molecule has 1 aromatic heterocycles. The summed E-state index contributed by atoms with van der Waals surface area (Å²) in [6.45, 7) is 8.70. The Labute approximate surface area is 106 Å². The van der Waals surface area contributed by atoms with Crippen molar-refractivity contribution in [3.05, 3.63) is 16.4 Å². The smallest absolute Gasteiger partial charge is 0.353 e. The number of hydrogen-bond acceptors (Lipinski definition) is 6. The van der Waals surface area contributed by atoms with E-state index in [9.17, 15) is 10.1 Å². The standard InChI is InChI=1S/C11H19N5O2/c1-7(2)5-15(8(3)4)11-9(16(17)18)10(12)13-6-14-11/h6-8H,5H2,1-4H3,(H2,12,13,14). The summed E-state index contributed by atoms with van der Waals surface area (Å²) in [6.07, 6.45) is 1.26. The van der Waals surface area contributed by atoms with Gasteiger partial charge in [0, 0.05) is 12.6 Å². The molecule has 0 amide bonds. The van der Waals surface area contributed by atoms with E-state index in [0.29, 0.717) is 12.5 Å². The zero-order chi connectivity index (χ0) is 13.9. The number of nitrogen functional groups attached to an aromatic ring is 1. The third-order valence-corrected chi connectivity index (χ3v) is 2.47. The number of aromatic nitrogens is 2. The molecule has 7 nitrogen and oxygen atoms in total. The highest BCUT2D eigenvalue weighted by Gasteiger charge is 2.27. The summed E-state index contributed by atoms with van der Waals surface area (Å²) in [5.41, 5.74) is 5.36. The van der Waals surface area contributed by atoms with E-state index in [1.165, 1.54) is 6.33 Å². The average Bonchev–Trinajstić information content (AvgIpc) is 2.24. The van der Waals surface area contributed by atoms with Crippen LogP contribution in [0.4, 0.5) is 17.3 Å². The Bertz CT molecular complexity index is 433. The third kappa shape index (κ3) is 3.06. The van der Waals surface area contributed by atoms with Gasteiger partial charge in [-0.25, -0.2) is 9.97 Å². The van der Waals surface area contributed by atoms with Gasteiger partial charge < -0.3 is 10.6 Å². The Morgan fingerprint density at radius 2 is 2.00 bits per heavy atom. The van der Waals surface area contributed by atoms with Gasteiger partial charge in [-0.05, 0) is 19.8 Å². The molecule has 100 valence electrons. The minimum absolute atomic E-state index is 0.0976. The molecule has 0 aromatic carbocycles. The fourth-order valence-corrected chi connectivity index (χ4v) is 1.70. The van der Waals surface area contributed by atoms with Crippen LogP contribution in [0.5, 0.6) is 0 Å². The minimum Gasteiger partial charge on any atom is -0.378 e. The highest BCUT2D eigenvalue weighted by atomic mass is 16.6. The van der Waals surface area contributed by atoms with Gasteiger partial charge in [-0.15, -0.1) is 0 Å². The second-order valence-corrected chi connectivity index (χ2v) is 4.83. The van der Waals surface area contributed by atoms with Crippen LogP contribution in [0.15, 0.2) is 6.33 Å². The molecule has 7 heteroatoms. The number of anilines is 2. The molecule has 0 unspecified atom stereocenters. The van der Waals surface area contributed by atoms with Gasteiger partial charge in [-0.3, -0.25) is 10.1 Å². The van der Waals surface area contributed by atoms with Crippen molar-refractivity contribution in [3.63, 3.8) is 0 Å². The summed E-state index contributed by atoms with van der Waals surface area (Å²) in [4.78, 5) is 20.1. The molecule has 0 fully saturated rings. The molecule has 18 heavy (non-hydrogen) atoms. The van der Waals surface area contributed by atoms with Crippen LogP contribution >= 0.6 is 0 Å². The van der Waals surface area contributed by atoms with Gasteiger partial charge in [0.2, 0.25) is 11.6 Å². The maximum Gasteiger partial charge on any atom is 0.353 e. The monoisotopic (exact) mass is 253 g/mol. The van der Waals surface area contributed by atoms with Crippen LogP contribution in [0.3, 0.4) is 0 Å². The minimum atomic E-state index is -0.527. The van der Waals surface area contributed by atoms with E-state index in [0.717, 1.165) is 0 Å². The zero-order valence-corrected chi connectivity index (χ0v) is 11.1. The van der Waals surface area contributed by atoms with Gasteiger partial charge in [0.1, 0.15) is 6.33 Å². The molecule has 0 aliphatic rings. The molecule has 0 atom stereocenters. The predicted molar refractivity (Wildman–Crippen MR) is 70.4 cm³/mol. The first-order valence-corrected chi connectivity index (χ1v) is 5.86. The summed E-state index contributed by atoms with van der Waals surface area (Å²) in [7, 11) is 0.